The van der Waals surface area contributed by atoms with Gasteiger partial charge in [0, 0.05) is 10.5 Å². The summed E-state index contributed by atoms with van der Waals surface area (Å²) in [6, 6.07) is 6.94. The number of halogens is 1. The zero-order valence-electron chi connectivity index (χ0n) is 11.5. The van der Waals surface area contributed by atoms with Crippen molar-refractivity contribution in [1.82, 2.24) is 5.32 Å². The van der Waals surface area contributed by atoms with Gasteiger partial charge in [0.05, 0.1) is 0 Å². The number of nitrogens with one attached hydrogen (secondary N) is 1. The van der Waals surface area contributed by atoms with Gasteiger partial charge in [-0.1, -0.05) is 53.0 Å². The van der Waals surface area contributed by atoms with E-state index in [4.69, 9.17) is 0 Å². The van der Waals surface area contributed by atoms with Gasteiger partial charge in [-0.2, -0.15) is 0 Å². The molecule has 0 saturated carbocycles. The molecule has 0 aliphatic carbocycles. The Hall–Kier alpha value is -0.600. The standard InChI is InChI=1S/C16H24BrN/c1-4-5-6-7-8-12-15(18-3)14-11-9-10-13(2)16(14)17/h4,9-11,15,18H,1,5-8,12H2,2-3H3. The van der Waals surface area contributed by atoms with E-state index >= 15 is 0 Å². The number of unbranched alkanes of at least 4 members (excludes halogenated alkanes) is 3. The molecule has 1 N–H and O–H groups in total. The molecule has 1 nitrogen and oxygen atoms in total. The van der Waals surface area contributed by atoms with Gasteiger partial charge in [-0.05, 0) is 44.4 Å². The summed E-state index contributed by atoms with van der Waals surface area (Å²) in [5.41, 5.74) is 2.68. The Labute approximate surface area is 120 Å². The minimum absolute atomic E-state index is 0.447. The molecular formula is C16H24BrN. The molecule has 0 fully saturated rings. The molecule has 0 radical (unpaired) electrons. The Morgan fingerprint density at radius 1 is 1.33 bits per heavy atom. The Balaban J connectivity index is 2.55. The summed E-state index contributed by atoms with van der Waals surface area (Å²) in [6.45, 7) is 5.90. The minimum atomic E-state index is 0.447. The Kier molecular flexibility index (Phi) is 7.29. The van der Waals surface area contributed by atoms with E-state index in [0.29, 0.717) is 6.04 Å². The van der Waals surface area contributed by atoms with Gasteiger partial charge >= 0.3 is 0 Å². The first-order valence-corrected chi connectivity index (χ1v) is 7.53. The highest BCUT2D eigenvalue weighted by Gasteiger charge is 2.12. The number of hydrogen-bond donors (Lipinski definition) is 1. The number of benzene rings is 1. The zero-order chi connectivity index (χ0) is 13.4. The second kappa shape index (κ2) is 8.49. The van der Waals surface area contributed by atoms with Crippen LogP contribution in [0.25, 0.3) is 0 Å². The van der Waals surface area contributed by atoms with E-state index in [2.05, 4.69) is 52.9 Å². The van der Waals surface area contributed by atoms with Crippen LogP contribution >= 0.6 is 15.9 Å². The molecule has 100 valence electrons. The maximum Gasteiger partial charge on any atom is 0.0328 e. The third kappa shape index (κ3) is 4.58. The van der Waals surface area contributed by atoms with Gasteiger partial charge < -0.3 is 5.32 Å². The van der Waals surface area contributed by atoms with Crippen molar-refractivity contribution in [2.24, 2.45) is 0 Å². The summed E-state index contributed by atoms with van der Waals surface area (Å²) in [5, 5.41) is 3.43. The van der Waals surface area contributed by atoms with E-state index in [9.17, 15) is 0 Å². The van der Waals surface area contributed by atoms with E-state index in [1.807, 2.05) is 13.1 Å². The fourth-order valence-corrected chi connectivity index (χ4v) is 2.75. The molecule has 0 aromatic heterocycles. The van der Waals surface area contributed by atoms with Crippen molar-refractivity contribution in [1.29, 1.82) is 0 Å². The highest BCUT2D eigenvalue weighted by Crippen LogP contribution is 2.29. The van der Waals surface area contributed by atoms with Gasteiger partial charge in [-0.25, -0.2) is 0 Å². The average Bonchev–Trinajstić information content (AvgIpc) is 2.38. The summed E-state index contributed by atoms with van der Waals surface area (Å²) in [4.78, 5) is 0. The van der Waals surface area contributed by atoms with E-state index in [0.717, 1.165) is 6.42 Å². The van der Waals surface area contributed by atoms with Crippen LogP contribution in [0.15, 0.2) is 35.3 Å². The number of hydrogen-bond acceptors (Lipinski definition) is 1. The molecule has 0 amide bonds. The third-order valence-electron chi connectivity index (χ3n) is 3.35. The van der Waals surface area contributed by atoms with Gasteiger partial charge in [0.2, 0.25) is 0 Å². The molecule has 18 heavy (non-hydrogen) atoms. The molecule has 0 bridgehead atoms. The van der Waals surface area contributed by atoms with Crippen LogP contribution in [-0.4, -0.2) is 7.05 Å². The molecule has 1 aromatic carbocycles. The van der Waals surface area contributed by atoms with Crippen molar-refractivity contribution in [2.45, 2.75) is 45.1 Å². The van der Waals surface area contributed by atoms with Crippen LogP contribution in [0.5, 0.6) is 0 Å². The lowest BCUT2D eigenvalue weighted by atomic mass is 9.98. The largest absolute Gasteiger partial charge is 0.313 e. The van der Waals surface area contributed by atoms with Crippen LogP contribution in [0.1, 0.15) is 49.3 Å². The predicted octanol–water partition coefficient (Wildman–Crippen LogP) is 5.15. The first kappa shape index (κ1) is 15.5. The second-order valence-corrected chi connectivity index (χ2v) is 5.54. The second-order valence-electron chi connectivity index (χ2n) is 4.75. The predicted molar refractivity (Wildman–Crippen MR) is 84.0 cm³/mol. The van der Waals surface area contributed by atoms with Crippen molar-refractivity contribution in [3.8, 4) is 0 Å². The van der Waals surface area contributed by atoms with E-state index in [-0.39, 0.29) is 0 Å². The van der Waals surface area contributed by atoms with Crippen molar-refractivity contribution < 1.29 is 0 Å². The molecule has 1 aromatic rings. The summed E-state index contributed by atoms with van der Waals surface area (Å²) >= 11 is 3.70. The highest BCUT2D eigenvalue weighted by molar-refractivity contribution is 9.10. The quantitative estimate of drug-likeness (QED) is 0.517. The monoisotopic (exact) mass is 309 g/mol. The molecule has 0 aliphatic heterocycles. The normalized spacial score (nSPS) is 12.4. The molecule has 0 heterocycles. The lowest BCUT2D eigenvalue weighted by molar-refractivity contribution is 0.506. The summed E-state index contributed by atoms with van der Waals surface area (Å²) in [7, 11) is 2.04. The Bertz CT molecular complexity index is 373. The van der Waals surface area contributed by atoms with Gasteiger partial charge in [0.1, 0.15) is 0 Å². The van der Waals surface area contributed by atoms with Gasteiger partial charge in [-0.3, -0.25) is 0 Å². The van der Waals surface area contributed by atoms with Crippen molar-refractivity contribution >= 4 is 15.9 Å². The van der Waals surface area contributed by atoms with Gasteiger partial charge in [0.25, 0.3) is 0 Å². The van der Waals surface area contributed by atoms with E-state index in [1.54, 1.807) is 0 Å². The Morgan fingerprint density at radius 2 is 2.11 bits per heavy atom. The minimum Gasteiger partial charge on any atom is -0.313 e. The van der Waals surface area contributed by atoms with Gasteiger partial charge in [-0.15, -0.1) is 6.58 Å². The SMILES string of the molecule is C=CCCCCCC(NC)c1cccc(C)c1Br. The maximum atomic E-state index is 3.76. The topological polar surface area (TPSA) is 12.0 Å². The van der Waals surface area contributed by atoms with Crippen LogP contribution in [0.4, 0.5) is 0 Å². The van der Waals surface area contributed by atoms with E-state index < -0.39 is 0 Å². The number of allylic oxidation sites excluding steroid dienone is 1. The lowest BCUT2D eigenvalue weighted by Gasteiger charge is -2.19. The third-order valence-corrected chi connectivity index (χ3v) is 4.43. The van der Waals surface area contributed by atoms with Crippen molar-refractivity contribution in [3.05, 3.63) is 46.5 Å². The molecular weight excluding hydrogens is 286 g/mol. The van der Waals surface area contributed by atoms with Crippen LogP contribution in [-0.2, 0) is 0 Å². The molecule has 0 spiro atoms. The van der Waals surface area contributed by atoms with Crippen LogP contribution in [0, 0.1) is 6.92 Å². The first-order chi connectivity index (χ1) is 8.70. The first-order valence-electron chi connectivity index (χ1n) is 6.74. The summed E-state index contributed by atoms with van der Waals surface area (Å²) in [6.07, 6.45) is 8.14. The molecule has 1 atom stereocenters. The molecule has 0 aliphatic rings. The lowest BCUT2D eigenvalue weighted by Crippen LogP contribution is -2.17. The van der Waals surface area contributed by atoms with E-state index in [1.165, 1.54) is 41.3 Å². The fourth-order valence-electron chi connectivity index (χ4n) is 2.21. The molecule has 2 heteroatoms. The smallest absolute Gasteiger partial charge is 0.0328 e. The average molecular weight is 310 g/mol. The summed E-state index contributed by atoms with van der Waals surface area (Å²) in [5.74, 6) is 0. The number of aryl methyl sites for hydroxylation is 1. The highest BCUT2D eigenvalue weighted by atomic mass is 79.9. The zero-order valence-corrected chi connectivity index (χ0v) is 13.1. The van der Waals surface area contributed by atoms with Crippen molar-refractivity contribution in [3.63, 3.8) is 0 Å². The maximum absolute atomic E-state index is 3.76. The van der Waals surface area contributed by atoms with Crippen molar-refractivity contribution in [2.75, 3.05) is 7.05 Å². The van der Waals surface area contributed by atoms with Gasteiger partial charge in [0.15, 0.2) is 0 Å². The molecule has 1 unspecified atom stereocenters. The summed E-state index contributed by atoms with van der Waals surface area (Å²) < 4.78 is 1.25. The molecule has 1 rings (SSSR count). The molecule has 0 saturated heterocycles. The fraction of sp³-hybridized carbons (Fsp3) is 0.500. The Morgan fingerprint density at radius 3 is 2.78 bits per heavy atom. The van der Waals surface area contributed by atoms with Crippen LogP contribution < -0.4 is 5.32 Å². The number of rotatable bonds is 8. The van der Waals surface area contributed by atoms with Crippen LogP contribution in [0.2, 0.25) is 0 Å². The van der Waals surface area contributed by atoms with Crippen LogP contribution in [0.3, 0.4) is 0 Å².